The first kappa shape index (κ1) is 19.0. The lowest BCUT2D eigenvalue weighted by molar-refractivity contribution is 0.446. The van der Waals surface area contributed by atoms with E-state index in [1.165, 1.54) is 4.88 Å². The van der Waals surface area contributed by atoms with Gasteiger partial charge in [-0.15, -0.1) is 35.3 Å². The Hall–Kier alpha value is -1.09. The van der Waals surface area contributed by atoms with Crippen LogP contribution in [0.25, 0.3) is 0 Å². The summed E-state index contributed by atoms with van der Waals surface area (Å²) in [6, 6.07) is 4.24. The number of oxazole rings is 1. The number of aryl methyl sites for hydroxylation is 2. The number of nitrogens with one attached hydrogen (secondary N) is 1. The van der Waals surface area contributed by atoms with Crippen molar-refractivity contribution in [3.63, 3.8) is 0 Å². The fourth-order valence-corrected chi connectivity index (χ4v) is 2.69. The molecule has 5 nitrogen and oxygen atoms in total. The third-order valence-corrected chi connectivity index (χ3v) is 4.25. The van der Waals surface area contributed by atoms with Crippen LogP contribution in [-0.2, 0) is 13.0 Å². The Labute approximate surface area is 152 Å². The predicted octanol–water partition coefficient (Wildman–Crippen LogP) is 3.22. The molecule has 0 unspecified atom stereocenters. The number of guanidine groups is 1. The highest BCUT2D eigenvalue weighted by molar-refractivity contribution is 14.0. The molecule has 0 fully saturated rings. The highest BCUT2D eigenvalue weighted by Crippen LogP contribution is 2.10. The highest BCUT2D eigenvalue weighted by atomic mass is 127. The topological polar surface area (TPSA) is 53.7 Å². The van der Waals surface area contributed by atoms with Crippen molar-refractivity contribution in [3.05, 3.63) is 39.7 Å². The first-order chi connectivity index (χ1) is 10.1. The van der Waals surface area contributed by atoms with Gasteiger partial charge in [-0.1, -0.05) is 6.07 Å². The first-order valence-electron chi connectivity index (χ1n) is 6.97. The predicted molar refractivity (Wildman–Crippen MR) is 102 cm³/mol. The summed E-state index contributed by atoms with van der Waals surface area (Å²) < 4.78 is 5.56. The zero-order valence-electron chi connectivity index (χ0n) is 13.4. The van der Waals surface area contributed by atoms with Gasteiger partial charge in [0.2, 0.25) is 5.89 Å². The lowest BCUT2D eigenvalue weighted by atomic mass is 10.3. The monoisotopic (exact) mass is 434 g/mol. The second-order valence-corrected chi connectivity index (χ2v) is 5.93. The number of likely N-dealkylation sites (N-methyl/N-ethyl adjacent to an activating group) is 1. The molecule has 7 heteroatoms. The van der Waals surface area contributed by atoms with Crippen molar-refractivity contribution in [1.82, 2.24) is 15.2 Å². The van der Waals surface area contributed by atoms with Gasteiger partial charge in [-0.2, -0.15) is 0 Å². The SMILES string of the molecule is CN=C(NCc1nc(C)c(C)o1)N(C)CCc1cccs1.I. The van der Waals surface area contributed by atoms with Gasteiger partial charge >= 0.3 is 0 Å². The van der Waals surface area contributed by atoms with E-state index < -0.39 is 0 Å². The molecule has 22 heavy (non-hydrogen) atoms. The molecule has 0 aromatic carbocycles. The molecule has 122 valence electrons. The third-order valence-electron chi connectivity index (χ3n) is 3.32. The Kier molecular flexibility index (Phi) is 7.88. The number of aliphatic imine (C=N–C) groups is 1. The van der Waals surface area contributed by atoms with Gasteiger partial charge in [0.15, 0.2) is 5.96 Å². The number of rotatable bonds is 5. The summed E-state index contributed by atoms with van der Waals surface area (Å²) >= 11 is 1.79. The van der Waals surface area contributed by atoms with Gasteiger partial charge in [0.05, 0.1) is 12.2 Å². The Morgan fingerprint density at radius 3 is 2.77 bits per heavy atom. The molecular formula is C15H23IN4OS. The molecule has 0 aliphatic rings. The zero-order valence-corrected chi connectivity index (χ0v) is 16.6. The highest BCUT2D eigenvalue weighted by Gasteiger charge is 2.09. The minimum atomic E-state index is 0. The van der Waals surface area contributed by atoms with Crippen LogP contribution < -0.4 is 5.32 Å². The number of nitrogens with zero attached hydrogens (tertiary/aromatic N) is 3. The van der Waals surface area contributed by atoms with E-state index in [0.29, 0.717) is 12.4 Å². The normalized spacial score (nSPS) is 11.2. The van der Waals surface area contributed by atoms with E-state index in [0.717, 1.165) is 30.4 Å². The molecule has 2 aromatic rings. The van der Waals surface area contributed by atoms with Crippen molar-refractivity contribution >= 4 is 41.3 Å². The van der Waals surface area contributed by atoms with Crippen molar-refractivity contribution in [2.45, 2.75) is 26.8 Å². The maximum Gasteiger partial charge on any atom is 0.214 e. The van der Waals surface area contributed by atoms with Crippen LogP contribution in [0, 0.1) is 13.8 Å². The maximum atomic E-state index is 5.56. The number of hydrogen-bond donors (Lipinski definition) is 1. The number of halogens is 1. The number of aromatic nitrogens is 1. The van der Waals surface area contributed by atoms with Crippen LogP contribution in [0.2, 0.25) is 0 Å². The molecule has 0 saturated heterocycles. The first-order valence-corrected chi connectivity index (χ1v) is 7.85. The molecule has 0 amide bonds. The summed E-state index contributed by atoms with van der Waals surface area (Å²) in [5, 5.41) is 5.39. The van der Waals surface area contributed by atoms with E-state index in [-0.39, 0.29) is 24.0 Å². The molecule has 0 atom stereocenters. The second-order valence-electron chi connectivity index (χ2n) is 4.90. The smallest absolute Gasteiger partial charge is 0.214 e. The Balaban J connectivity index is 0.00000242. The van der Waals surface area contributed by atoms with Crippen LogP contribution in [0.15, 0.2) is 26.9 Å². The molecule has 1 N–H and O–H groups in total. The molecule has 0 aliphatic heterocycles. The summed E-state index contributed by atoms with van der Waals surface area (Å²) in [4.78, 5) is 12.2. The second kappa shape index (κ2) is 9.14. The average molecular weight is 434 g/mol. The van der Waals surface area contributed by atoms with Crippen LogP contribution in [0.3, 0.4) is 0 Å². The number of thiophene rings is 1. The summed E-state index contributed by atoms with van der Waals surface area (Å²) in [5.74, 6) is 2.41. The lowest BCUT2D eigenvalue weighted by Gasteiger charge is -2.21. The summed E-state index contributed by atoms with van der Waals surface area (Å²) in [5.41, 5.74) is 0.938. The van der Waals surface area contributed by atoms with E-state index in [2.05, 4.69) is 37.7 Å². The van der Waals surface area contributed by atoms with Crippen LogP contribution in [-0.4, -0.2) is 36.5 Å². The van der Waals surface area contributed by atoms with E-state index in [4.69, 9.17) is 4.42 Å². The molecular weight excluding hydrogens is 411 g/mol. The Bertz CT molecular complexity index is 575. The quantitative estimate of drug-likeness (QED) is 0.446. The minimum absolute atomic E-state index is 0. The molecule has 2 heterocycles. The van der Waals surface area contributed by atoms with Crippen LogP contribution in [0.4, 0.5) is 0 Å². The summed E-state index contributed by atoms with van der Waals surface area (Å²) in [7, 11) is 3.82. The van der Waals surface area contributed by atoms with E-state index in [1.54, 1.807) is 18.4 Å². The third kappa shape index (κ3) is 5.28. The lowest BCUT2D eigenvalue weighted by Crippen LogP contribution is -2.39. The van der Waals surface area contributed by atoms with Crippen molar-refractivity contribution < 1.29 is 4.42 Å². The van der Waals surface area contributed by atoms with Gasteiger partial charge in [-0.25, -0.2) is 4.98 Å². The van der Waals surface area contributed by atoms with E-state index in [1.807, 2.05) is 20.9 Å². The molecule has 2 rings (SSSR count). The van der Waals surface area contributed by atoms with E-state index >= 15 is 0 Å². The van der Waals surface area contributed by atoms with Gasteiger partial charge in [0.25, 0.3) is 0 Å². The fraction of sp³-hybridized carbons (Fsp3) is 0.467. The van der Waals surface area contributed by atoms with Crippen LogP contribution in [0.1, 0.15) is 22.2 Å². The maximum absolute atomic E-state index is 5.56. The van der Waals surface area contributed by atoms with Gasteiger partial charge in [0.1, 0.15) is 5.76 Å². The van der Waals surface area contributed by atoms with Crippen LogP contribution in [0.5, 0.6) is 0 Å². The Morgan fingerprint density at radius 2 is 2.23 bits per heavy atom. The van der Waals surface area contributed by atoms with Crippen molar-refractivity contribution in [2.75, 3.05) is 20.6 Å². The van der Waals surface area contributed by atoms with Gasteiger partial charge in [0, 0.05) is 25.5 Å². The van der Waals surface area contributed by atoms with Crippen molar-refractivity contribution in [2.24, 2.45) is 4.99 Å². The molecule has 0 saturated carbocycles. The molecule has 0 bridgehead atoms. The van der Waals surface area contributed by atoms with E-state index in [9.17, 15) is 0 Å². The minimum Gasteiger partial charge on any atom is -0.444 e. The van der Waals surface area contributed by atoms with Crippen molar-refractivity contribution in [3.8, 4) is 0 Å². The largest absolute Gasteiger partial charge is 0.444 e. The van der Waals surface area contributed by atoms with Crippen LogP contribution >= 0.6 is 35.3 Å². The molecule has 0 aliphatic carbocycles. The summed E-state index contributed by atoms with van der Waals surface area (Å²) in [6.07, 6.45) is 1.02. The number of hydrogen-bond acceptors (Lipinski definition) is 4. The fourth-order valence-electron chi connectivity index (χ4n) is 1.99. The van der Waals surface area contributed by atoms with Gasteiger partial charge < -0.3 is 14.6 Å². The average Bonchev–Trinajstić information content (AvgIpc) is 3.08. The molecule has 0 spiro atoms. The molecule has 0 radical (unpaired) electrons. The molecule has 2 aromatic heterocycles. The standard InChI is InChI=1S/C15H22N4OS.HI/c1-11-12(2)20-14(18-11)10-17-15(16-3)19(4)8-7-13-6-5-9-21-13;/h5-6,9H,7-8,10H2,1-4H3,(H,16,17);1H. The van der Waals surface area contributed by atoms with Gasteiger partial charge in [-0.05, 0) is 31.7 Å². The van der Waals surface area contributed by atoms with Crippen molar-refractivity contribution in [1.29, 1.82) is 0 Å². The van der Waals surface area contributed by atoms with Gasteiger partial charge in [-0.3, -0.25) is 4.99 Å². The zero-order chi connectivity index (χ0) is 15.2. The Morgan fingerprint density at radius 1 is 1.45 bits per heavy atom. The summed E-state index contributed by atoms with van der Waals surface area (Å²) in [6.45, 7) is 5.34.